The van der Waals surface area contributed by atoms with Crippen molar-refractivity contribution in [2.24, 2.45) is 11.8 Å². The van der Waals surface area contributed by atoms with Crippen molar-refractivity contribution in [3.8, 4) is 0 Å². The Morgan fingerprint density at radius 1 is 1.16 bits per heavy atom. The summed E-state index contributed by atoms with van der Waals surface area (Å²) in [5, 5.41) is 16.0. The van der Waals surface area contributed by atoms with Gasteiger partial charge in [0.15, 0.2) is 0 Å². The standard InChI is InChI=1S/C28H32ClN5O3/c1-17-25(21-5-3-4-6-30-21)26(17)27(36)32-24-13-18-12-22(20(29)11-19(18)14-31-24)33-7-9-34(10-8-33)28(2)16-37-15-23(28)35/h3-6,11-14,17,23,25-26,35H,7-10,15-16H2,1-2H3,(H,31,32,36)/t17-,23-,25+,26-,28+/m0/s1. The number of aromatic nitrogens is 2. The highest BCUT2D eigenvalue weighted by atomic mass is 35.5. The molecule has 3 fully saturated rings. The first-order valence-corrected chi connectivity index (χ1v) is 13.3. The van der Waals surface area contributed by atoms with Gasteiger partial charge >= 0.3 is 0 Å². The van der Waals surface area contributed by atoms with Gasteiger partial charge in [-0.15, -0.1) is 0 Å². The number of piperazine rings is 1. The zero-order valence-electron chi connectivity index (χ0n) is 21.1. The SMILES string of the molecule is C[C@@H]1[C@H](C(=O)Nc2cc3cc(N4CCN([C@]5(C)COC[C@@H]5O)CC4)c(Cl)cc3cn2)[C@H]1c1ccccn1. The van der Waals surface area contributed by atoms with Crippen LogP contribution in [0.15, 0.2) is 48.8 Å². The molecule has 2 aliphatic heterocycles. The average Bonchev–Trinajstić information content (AvgIpc) is 3.47. The number of amides is 1. The molecular formula is C28H32ClN5O3. The molecule has 1 aliphatic carbocycles. The first kappa shape index (κ1) is 24.6. The summed E-state index contributed by atoms with van der Waals surface area (Å²) in [6.07, 6.45) is 3.06. The van der Waals surface area contributed by atoms with E-state index in [2.05, 4.69) is 45.0 Å². The van der Waals surface area contributed by atoms with Gasteiger partial charge in [-0.05, 0) is 48.6 Å². The molecule has 37 heavy (non-hydrogen) atoms. The molecule has 4 heterocycles. The molecule has 0 unspecified atom stereocenters. The van der Waals surface area contributed by atoms with Gasteiger partial charge < -0.3 is 20.1 Å². The van der Waals surface area contributed by atoms with Gasteiger partial charge in [-0.25, -0.2) is 4.98 Å². The summed E-state index contributed by atoms with van der Waals surface area (Å²) in [4.78, 5) is 26.5. The molecule has 5 atom stereocenters. The third-order valence-corrected chi connectivity index (χ3v) is 8.78. The van der Waals surface area contributed by atoms with E-state index in [1.165, 1.54) is 0 Å². The number of pyridine rings is 2. The fourth-order valence-electron chi connectivity index (χ4n) is 5.98. The van der Waals surface area contributed by atoms with E-state index < -0.39 is 6.10 Å². The Balaban J connectivity index is 1.16. The van der Waals surface area contributed by atoms with Gasteiger partial charge in [-0.1, -0.05) is 24.6 Å². The predicted octanol–water partition coefficient (Wildman–Crippen LogP) is 3.54. The van der Waals surface area contributed by atoms with E-state index in [-0.39, 0.29) is 29.2 Å². The lowest BCUT2D eigenvalue weighted by Gasteiger charge is -2.45. The molecule has 1 saturated carbocycles. The molecular weight excluding hydrogens is 490 g/mol. The van der Waals surface area contributed by atoms with E-state index in [1.807, 2.05) is 30.3 Å². The number of halogens is 1. The van der Waals surface area contributed by atoms with E-state index in [9.17, 15) is 9.90 Å². The van der Waals surface area contributed by atoms with Gasteiger partial charge in [0, 0.05) is 55.6 Å². The van der Waals surface area contributed by atoms with Crippen LogP contribution in [0.5, 0.6) is 0 Å². The maximum atomic E-state index is 13.0. The summed E-state index contributed by atoms with van der Waals surface area (Å²) in [6.45, 7) is 8.35. The van der Waals surface area contributed by atoms with Gasteiger partial charge in [-0.2, -0.15) is 0 Å². The molecule has 6 rings (SSSR count). The summed E-state index contributed by atoms with van der Waals surface area (Å²) in [5.74, 6) is 0.808. The first-order valence-electron chi connectivity index (χ1n) is 12.9. The number of ether oxygens (including phenoxy) is 1. The van der Waals surface area contributed by atoms with E-state index in [0.29, 0.717) is 24.1 Å². The van der Waals surface area contributed by atoms with Gasteiger partial charge in [0.2, 0.25) is 5.91 Å². The van der Waals surface area contributed by atoms with Crippen LogP contribution in [0.4, 0.5) is 11.5 Å². The van der Waals surface area contributed by atoms with Crippen LogP contribution in [-0.2, 0) is 9.53 Å². The zero-order valence-corrected chi connectivity index (χ0v) is 21.9. The van der Waals surface area contributed by atoms with Crippen LogP contribution >= 0.6 is 11.6 Å². The second-order valence-corrected chi connectivity index (χ2v) is 11.1. The normalized spacial score (nSPS) is 30.0. The Kier molecular flexibility index (Phi) is 6.31. The molecule has 0 radical (unpaired) electrons. The van der Waals surface area contributed by atoms with Gasteiger partial charge in [0.1, 0.15) is 5.82 Å². The van der Waals surface area contributed by atoms with Crippen LogP contribution < -0.4 is 10.2 Å². The topological polar surface area (TPSA) is 90.8 Å². The molecule has 9 heteroatoms. The molecule has 3 aliphatic rings. The van der Waals surface area contributed by atoms with E-state index in [4.69, 9.17) is 16.3 Å². The molecule has 3 aromatic rings. The second-order valence-electron chi connectivity index (χ2n) is 10.7. The number of benzene rings is 1. The lowest BCUT2D eigenvalue weighted by atomic mass is 9.95. The Morgan fingerprint density at radius 2 is 1.97 bits per heavy atom. The Labute approximate surface area is 221 Å². The van der Waals surface area contributed by atoms with Crippen molar-refractivity contribution in [1.29, 1.82) is 0 Å². The van der Waals surface area contributed by atoms with E-state index in [1.54, 1.807) is 12.4 Å². The summed E-state index contributed by atoms with van der Waals surface area (Å²) >= 11 is 6.70. The monoisotopic (exact) mass is 521 g/mol. The van der Waals surface area contributed by atoms with Gasteiger partial charge in [0.25, 0.3) is 0 Å². The van der Waals surface area contributed by atoms with Crippen LogP contribution in [0.25, 0.3) is 10.8 Å². The van der Waals surface area contributed by atoms with Crippen LogP contribution in [0.2, 0.25) is 5.02 Å². The Bertz CT molecular complexity index is 1320. The van der Waals surface area contributed by atoms with Crippen molar-refractivity contribution in [3.05, 3.63) is 59.5 Å². The smallest absolute Gasteiger partial charge is 0.229 e. The fraction of sp³-hybridized carbons (Fsp3) is 0.464. The maximum Gasteiger partial charge on any atom is 0.229 e. The third kappa shape index (κ3) is 4.46. The number of anilines is 2. The van der Waals surface area contributed by atoms with Crippen LogP contribution in [0, 0.1) is 11.8 Å². The number of fused-ring (bicyclic) bond motifs is 1. The lowest BCUT2D eigenvalue weighted by Crippen LogP contribution is -2.60. The quantitative estimate of drug-likeness (QED) is 0.530. The average molecular weight is 522 g/mol. The number of aliphatic hydroxyl groups is 1. The number of hydrogen-bond acceptors (Lipinski definition) is 7. The highest BCUT2D eigenvalue weighted by Gasteiger charge is 2.53. The van der Waals surface area contributed by atoms with Crippen molar-refractivity contribution in [3.63, 3.8) is 0 Å². The minimum absolute atomic E-state index is 0.0214. The van der Waals surface area contributed by atoms with Crippen molar-refractivity contribution >= 4 is 39.8 Å². The summed E-state index contributed by atoms with van der Waals surface area (Å²) < 4.78 is 5.53. The van der Waals surface area contributed by atoms with Crippen LogP contribution in [0.3, 0.4) is 0 Å². The molecule has 194 valence electrons. The van der Waals surface area contributed by atoms with Crippen LogP contribution in [-0.4, -0.2) is 76.9 Å². The number of hydrogen-bond donors (Lipinski definition) is 2. The van der Waals surface area contributed by atoms with Crippen molar-refractivity contribution in [2.75, 3.05) is 49.6 Å². The summed E-state index contributed by atoms with van der Waals surface area (Å²) in [7, 11) is 0. The maximum absolute atomic E-state index is 13.0. The molecule has 0 spiro atoms. The van der Waals surface area contributed by atoms with Crippen LogP contribution in [0.1, 0.15) is 25.5 Å². The predicted molar refractivity (Wildman–Crippen MR) is 144 cm³/mol. The van der Waals surface area contributed by atoms with Gasteiger partial charge in [-0.3, -0.25) is 14.7 Å². The molecule has 1 amide bonds. The highest BCUT2D eigenvalue weighted by molar-refractivity contribution is 6.34. The summed E-state index contributed by atoms with van der Waals surface area (Å²) in [6, 6.07) is 11.8. The summed E-state index contributed by atoms with van der Waals surface area (Å²) in [5.41, 5.74) is 1.59. The molecule has 2 aromatic heterocycles. The number of aliphatic hydroxyl groups excluding tert-OH is 1. The lowest BCUT2D eigenvalue weighted by molar-refractivity contribution is -0.117. The Hall–Kier alpha value is -2.78. The molecule has 1 aromatic carbocycles. The number of carbonyl (C=O) groups excluding carboxylic acids is 1. The van der Waals surface area contributed by atoms with Crippen molar-refractivity contribution in [2.45, 2.75) is 31.4 Å². The Morgan fingerprint density at radius 3 is 2.68 bits per heavy atom. The third-order valence-electron chi connectivity index (χ3n) is 8.48. The number of nitrogens with zero attached hydrogens (tertiary/aromatic N) is 4. The number of rotatable bonds is 5. The minimum Gasteiger partial charge on any atom is -0.389 e. The highest BCUT2D eigenvalue weighted by Crippen LogP contribution is 2.53. The largest absolute Gasteiger partial charge is 0.389 e. The van der Waals surface area contributed by atoms with Crippen molar-refractivity contribution < 1.29 is 14.6 Å². The molecule has 0 bridgehead atoms. The van der Waals surface area contributed by atoms with E-state index >= 15 is 0 Å². The molecule has 8 nitrogen and oxygen atoms in total. The number of nitrogens with one attached hydrogen (secondary N) is 1. The fourth-order valence-corrected chi connectivity index (χ4v) is 6.27. The zero-order chi connectivity index (χ0) is 25.7. The molecule has 2 saturated heterocycles. The minimum atomic E-state index is -0.470. The molecule has 2 N–H and O–H groups in total. The van der Waals surface area contributed by atoms with Gasteiger partial charge in [0.05, 0.1) is 41.5 Å². The first-order chi connectivity index (χ1) is 17.8. The second kappa shape index (κ2) is 9.51. The van der Waals surface area contributed by atoms with Crippen molar-refractivity contribution in [1.82, 2.24) is 14.9 Å². The number of carbonyl (C=O) groups is 1. The van der Waals surface area contributed by atoms with E-state index in [0.717, 1.165) is 48.3 Å².